The summed E-state index contributed by atoms with van der Waals surface area (Å²) in [5.41, 5.74) is 8.09. The molecule has 3 heteroatoms. The predicted molar refractivity (Wildman–Crippen MR) is 66.7 cm³/mol. The lowest BCUT2D eigenvalue weighted by Gasteiger charge is -2.23. The van der Waals surface area contributed by atoms with Crippen molar-refractivity contribution in [2.45, 2.75) is 31.2 Å². The molecule has 1 aromatic rings. The van der Waals surface area contributed by atoms with E-state index >= 15 is 0 Å². The molecule has 1 rings (SSSR count). The Balaban J connectivity index is 3.36. The third-order valence-electron chi connectivity index (χ3n) is 2.41. The van der Waals surface area contributed by atoms with Gasteiger partial charge in [0.15, 0.2) is 0 Å². The van der Waals surface area contributed by atoms with E-state index in [4.69, 9.17) is 10.5 Å². The van der Waals surface area contributed by atoms with Crippen LogP contribution in [0.5, 0.6) is 5.75 Å². The Hall–Kier alpha value is -0.670. The number of ether oxygens (including phenoxy) is 1. The van der Waals surface area contributed by atoms with Gasteiger partial charge in [-0.3, -0.25) is 0 Å². The molecule has 0 atom stereocenters. The molecule has 0 saturated heterocycles. The average Bonchev–Trinajstić information content (AvgIpc) is 2.15. The average molecular weight is 225 g/mol. The van der Waals surface area contributed by atoms with E-state index in [1.165, 1.54) is 4.90 Å². The SMILES string of the molecule is COc1cc(C(C)(C)N)c(SC)cc1C. The van der Waals surface area contributed by atoms with Crippen molar-refractivity contribution in [1.82, 2.24) is 0 Å². The van der Waals surface area contributed by atoms with Gasteiger partial charge in [0, 0.05) is 10.4 Å². The van der Waals surface area contributed by atoms with E-state index in [0.29, 0.717) is 0 Å². The normalized spacial score (nSPS) is 11.6. The first-order valence-electron chi connectivity index (χ1n) is 4.92. The molecule has 84 valence electrons. The van der Waals surface area contributed by atoms with Crippen LogP contribution < -0.4 is 10.5 Å². The molecule has 0 aliphatic heterocycles. The number of nitrogens with two attached hydrogens (primary N) is 1. The van der Waals surface area contributed by atoms with Crippen molar-refractivity contribution in [1.29, 1.82) is 0 Å². The number of hydrogen-bond donors (Lipinski definition) is 1. The molecule has 0 fully saturated rings. The summed E-state index contributed by atoms with van der Waals surface area (Å²) >= 11 is 1.72. The van der Waals surface area contributed by atoms with Crippen LogP contribution in [0.1, 0.15) is 25.0 Å². The molecule has 0 aliphatic carbocycles. The first-order valence-corrected chi connectivity index (χ1v) is 6.14. The Morgan fingerprint density at radius 2 is 1.93 bits per heavy atom. The number of thioether (sulfide) groups is 1. The van der Waals surface area contributed by atoms with E-state index in [1.54, 1.807) is 18.9 Å². The highest BCUT2D eigenvalue weighted by Crippen LogP contribution is 2.33. The van der Waals surface area contributed by atoms with E-state index < -0.39 is 0 Å². The summed E-state index contributed by atoms with van der Waals surface area (Å²) in [4.78, 5) is 1.22. The molecule has 0 spiro atoms. The van der Waals surface area contributed by atoms with Gasteiger partial charge in [-0.15, -0.1) is 11.8 Å². The maximum Gasteiger partial charge on any atom is 0.122 e. The summed E-state index contributed by atoms with van der Waals surface area (Å²) in [6, 6.07) is 4.18. The lowest BCUT2D eigenvalue weighted by atomic mass is 9.94. The molecule has 0 heterocycles. The van der Waals surface area contributed by atoms with Crippen LogP contribution in [-0.2, 0) is 5.54 Å². The minimum absolute atomic E-state index is 0.334. The van der Waals surface area contributed by atoms with Crippen molar-refractivity contribution in [3.05, 3.63) is 23.3 Å². The molecule has 0 unspecified atom stereocenters. The zero-order valence-corrected chi connectivity index (χ0v) is 10.9. The van der Waals surface area contributed by atoms with Crippen molar-refractivity contribution in [3.63, 3.8) is 0 Å². The van der Waals surface area contributed by atoms with E-state index in [9.17, 15) is 0 Å². The Bertz CT molecular complexity index is 355. The van der Waals surface area contributed by atoms with Crippen LogP contribution in [0.4, 0.5) is 0 Å². The van der Waals surface area contributed by atoms with Gasteiger partial charge in [-0.25, -0.2) is 0 Å². The number of methoxy groups -OCH3 is 1. The van der Waals surface area contributed by atoms with Gasteiger partial charge in [-0.05, 0) is 50.3 Å². The molecule has 0 radical (unpaired) electrons. The molecular formula is C12H19NOS. The molecule has 2 N–H and O–H groups in total. The van der Waals surface area contributed by atoms with Gasteiger partial charge in [0.25, 0.3) is 0 Å². The van der Waals surface area contributed by atoms with Crippen molar-refractivity contribution < 1.29 is 4.74 Å². The Morgan fingerprint density at radius 3 is 2.33 bits per heavy atom. The van der Waals surface area contributed by atoms with E-state index in [0.717, 1.165) is 16.9 Å². The van der Waals surface area contributed by atoms with Crippen LogP contribution in [0.25, 0.3) is 0 Å². The first kappa shape index (κ1) is 12.4. The van der Waals surface area contributed by atoms with Crippen LogP contribution in [-0.4, -0.2) is 13.4 Å². The molecule has 0 aromatic heterocycles. The van der Waals surface area contributed by atoms with Crippen molar-refractivity contribution in [3.8, 4) is 5.75 Å². The molecule has 0 saturated carbocycles. The Labute approximate surface area is 96.2 Å². The van der Waals surface area contributed by atoms with Gasteiger partial charge in [-0.2, -0.15) is 0 Å². The smallest absolute Gasteiger partial charge is 0.122 e. The zero-order chi connectivity index (χ0) is 11.6. The number of aryl methyl sites for hydroxylation is 1. The molecule has 0 bridgehead atoms. The summed E-state index contributed by atoms with van der Waals surface area (Å²) in [5, 5.41) is 0. The minimum Gasteiger partial charge on any atom is -0.496 e. The van der Waals surface area contributed by atoms with Crippen LogP contribution in [0.2, 0.25) is 0 Å². The largest absolute Gasteiger partial charge is 0.496 e. The minimum atomic E-state index is -0.334. The number of benzene rings is 1. The van der Waals surface area contributed by atoms with Gasteiger partial charge >= 0.3 is 0 Å². The van der Waals surface area contributed by atoms with E-state index in [2.05, 4.69) is 12.3 Å². The molecule has 0 amide bonds. The number of hydrogen-bond acceptors (Lipinski definition) is 3. The molecule has 2 nitrogen and oxygen atoms in total. The van der Waals surface area contributed by atoms with E-state index in [-0.39, 0.29) is 5.54 Å². The Kier molecular flexibility index (Phi) is 3.68. The second kappa shape index (κ2) is 4.45. The second-order valence-corrected chi connectivity index (χ2v) is 5.09. The molecular weight excluding hydrogens is 206 g/mol. The van der Waals surface area contributed by atoms with Gasteiger partial charge in [0.05, 0.1) is 7.11 Å². The van der Waals surface area contributed by atoms with E-state index in [1.807, 2.05) is 26.8 Å². The fraction of sp³-hybridized carbons (Fsp3) is 0.500. The first-order chi connectivity index (χ1) is 6.90. The second-order valence-electron chi connectivity index (χ2n) is 4.24. The summed E-state index contributed by atoms with van der Waals surface area (Å²) in [6.45, 7) is 6.07. The van der Waals surface area contributed by atoms with Gasteiger partial charge in [0.2, 0.25) is 0 Å². The standard InChI is InChI=1S/C12H19NOS/c1-8-6-11(15-5)9(12(2,3)13)7-10(8)14-4/h6-7H,13H2,1-5H3. The highest BCUT2D eigenvalue weighted by atomic mass is 32.2. The topological polar surface area (TPSA) is 35.2 Å². The van der Waals surface area contributed by atoms with Gasteiger partial charge in [0.1, 0.15) is 5.75 Å². The summed E-state index contributed by atoms with van der Waals surface area (Å²) in [5.74, 6) is 0.904. The highest BCUT2D eigenvalue weighted by molar-refractivity contribution is 7.98. The maximum atomic E-state index is 6.14. The van der Waals surface area contributed by atoms with Gasteiger partial charge < -0.3 is 10.5 Å². The van der Waals surface area contributed by atoms with Crippen LogP contribution in [0.3, 0.4) is 0 Å². The van der Waals surface area contributed by atoms with Gasteiger partial charge in [-0.1, -0.05) is 0 Å². The summed E-state index contributed by atoms with van der Waals surface area (Å²) in [7, 11) is 1.69. The monoisotopic (exact) mass is 225 g/mol. The van der Waals surface area contributed by atoms with Crippen LogP contribution >= 0.6 is 11.8 Å². The fourth-order valence-corrected chi connectivity index (χ4v) is 2.39. The Morgan fingerprint density at radius 1 is 1.33 bits per heavy atom. The predicted octanol–water partition coefficient (Wildman–Crippen LogP) is 2.92. The van der Waals surface area contributed by atoms with Crippen molar-refractivity contribution >= 4 is 11.8 Å². The number of rotatable bonds is 3. The van der Waals surface area contributed by atoms with Crippen molar-refractivity contribution in [2.24, 2.45) is 5.73 Å². The third-order valence-corrected chi connectivity index (χ3v) is 3.19. The summed E-state index contributed by atoms with van der Waals surface area (Å²) < 4.78 is 5.32. The highest BCUT2D eigenvalue weighted by Gasteiger charge is 2.20. The zero-order valence-electron chi connectivity index (χ0n) is 10.0. The molecule has 1 aromatic carbocycles. The third kappa shape index (κ3) is 2.67. The fourth-order valence-electron chi connectivity index (χ4n) is 1.55. The molecule has 0 aliphatic rings. The lowest BCUT2D eigenvalue weighted by molar-refractivity contribution is 0.408. The summed E-state index contributed by atoms with van der Waals surface area (Å²) in [6.07, 6.45) is 2.07. The molecule has 15 heavy (non-hydrogen) atoms. The van der Waals surface area contributed by atoms with Crippen LogP contribution in [0, 0.1) is 6.92 Å². The maximum absolute atomic E-state index is 6.14. The van der Waals surface area contributed by atoms with Crippen molar-refractivity contribution in [2.75, 3.05) is 13.4 Å². The quantitative estimate of drug-likeness (QED) is 0.803. The van der Waals surface area contributed by atoms with Crippen LogP contribution in [0.15, 0.2) is 17.0 Å². The lowest BCUT2D eigenvalue weighted by Crippen LogP contribution is -2.29.